The van der Waals surface area contributed by atoms with Gasteiger partial charge in [-0.1, -0.05) is 6.07 Å². The normalized spacial score (nSPS) is 20.5. The number of quaternary nitrogens is 1. The zero-order valence-corrected chi connectivity index (χ0v) is 21.1. The molecule has 0 N–H and O–H groups in total. The Morgan fingerprint density at radius 3 is 3.00 bits per heavy atom. The maximum Gasteiger partial charge on any atom is 0.145 e. The molecule has 3 aromatic rings. The van der Waals surface area contributed by atoms with E-state index in [1.165, 1.54) is 10.4 Å². The Labute approximate surface area is 208 Å². The lowest BCUT2D eigenvalue weighted by Gasteiger charge is -2.45. The van der Waals surface area contributed by atoms with E-state index in [0.29, 0.717) is 17.7 Å². The van der Waals surface area contributed by atoms with Crippen molar-refractivity contribution in [2.45, 2.75) is 36.3 Å². The molecule has 3 heterocycles. The number of carboxylic acid groups (broad SMARTS) is 1. The van der Waals surface area contributed by atoms with Gasteiger partial charge >= 0.3 is 0 Å². The van der Waals surface area contributed by atoms with E-state index in [4.69, 9.17) is 4.74 Å². The van der Waals surface area contributed by atoms with E-state index < -0.39 is 5.97 Å². The van der Waals surface area contributed by atoms with Crippen LogP contribution < -0.4 is 9.84 Å². The van der Waals surface area contributed by atoms with Crippen molar-refractivity contribution >= 4 is 40.0 Å². The fourth-order valence-corrected chi connectivity index (χ4v) is 7.22. The predicted octanol–water partition coefficient (Wildman–Crippen LogP) is 4.54. The topological polar surface area (TPSA) is 62.2 Å². The highest BCUT2D eigenvalue weighted by atomic mass is 32.2. The molecule has 0 spiro atoms. The molecule has 0 saturated carbocycles. The molecule has 34 heavy (non-hydrogen) atoms. The number of aliphatic carboxylic acids is 1. The first kappa shape index (κ1) is 24.9. The van der Waals surface area contributed by atoms with Crippen LogP contribution in [0.25, 0.3) is 10.9 Å². The summed E-state index contributed by atoms with van der Waals surface area (Å²) in [5.74, 6) is 0.582. The minimum absolute atomic E-state index is 0.126. The van der Waals surface area contributed by atoms with Crippen LogP contribution in [0, 0.1) is 11.7 Å². The van der Waals surface area contributed by atoms with Gasteiger partial charge in [0.2, 0.25) is 0 Å². The number of carboxylic acids is 1. The Morgan fingerprint density at radius 1 is 1.35 bits per heavy atom. The minimum Gasteiger partial charge on any atom is -0.550 e. The number of hydrogen-bond acceptors (Lipinski definition) is 6. The molecule has 8 heteroatoms. The summed E-state index contributed by atoms with van der Waals surface area (Å²) in [5, 5.41) is 14.2. The van der Waals surface area contributed by atoms with Crippen molar-refractivity contribution in [2.75, 3.05) is 39.0 Å². The number of nitrogens with zero attached hydrogens (tertiary/aromatic N) is 2. The lowest BCUT2D eigenvalue weighted by Crippen LogP contribution is -2.56. The van der Waals surface area contributed by atoms with Crippen LogP contribution in [0.15, 0.2) is 46.1 Å². The van der Waals surface area contributed by atoms with Gasteiger partial charge in [0.15, 0.2) is 0 Å². The first-order valence-electron chi connectivity index (χ1n) is 11.8. The number of pyridine rings is 1. The maximum absolute atomic E-state index is 14.8. The number of aromatic nitrogens is 1. The monoisotopic (exact) mass is 502 g/mol. The van der Waals surface area contributed by atoms with Gasteiger partial charge in [-0.25, -0.2) is 4.39 Å². The Kier molecular flexibility index (Phi) is 8.45. The van der Waals surface area contributed by atoms with Crippen LogP contribution in [-0.2, 0) is 11.2 Å². The molecule has 0 radical (unpaired) electrons. The summed E-state index contributed by atoms with van der Waals surface area (Å²) in [4.78, 5) is 15.5. The van der Waals surface area contributed by atoms with Crippen molar-refractivity contribution < 1.29 is 23.5 Å². The average Bonchev–Trinajstić information content (AvgIpc) is 3.33. The van der Waals surface area contributed by atoms with Gasteiger partial charge in [-0.2, -0.15) is 0 Å². The van der Waals surface area contributed by atoms with Crippen LogP contribution in [0.5, 0.6) is 5.75 Å². The van der Waals surface area contributed by atoms with E-state index in [0.717, 1.165) is 66.6 Å². The third-order valence-electron chi connectivity index (χ3n) is 6.84. The average molecular weight is 503 g/mol. The third kappa shape index (κ3) is 6.29. The van der Waals surface area contributed by atoms with Crippen molar-refractivity contribution in [3.8, 4) is 5.75 Å². The van der Waals surface area contributed by atoms with Crippen LogP contribution in [0.3, 0.4) is 0 Å². The van der Waals surface area contributed by atoms with Crippen LogP contribution in [0.4, 0.5) is 4.39 Å². The molecule has 0 bridgehead atoms. The first-order chi connectivity index (χ1) is 16.5. The molecule has 5 nitrogen and oxygen atoms in total. The fraction of sp³-hybridized carbons (Fsp3) is 0.462. The van der Waals surface area contributed by atoms with E-state index >= 15 is 0 Å². The number of carbonyl (C=O) groups excluding carboxylic acids is 1. The van der Waals surface area contributed by atoms with Gasteiger partial charge in [-0.15, -0.1) is 23.1 Å². The van der Waals surface area contributed by atoms with Crippen LogP contribution in [0.1, 0.15) is 31.2 Å². The lowest BCUT2D eigenvalue weighted by molar-refractivity contribution is -0.933. The van der Waals surface area contributed by atoms with Crippen molar-refractivity contribution in [3.05, 3.63) is 53.3 Å². The van der Waals surface area contributed by atoms with Crippen LogP contribution >= 0.6 is 23.1 Å². The van der Waals surface area contributed by atoms with E-state index in [1.54, 1.807) is 18.4 Å². The second kappa shape index (κ2) is 11.5. The number of likely N-dealkylation sites (tertiary alicyclic amines) is 1. The number of rotatable bonds is 11. The molecule has 1 saturated heterocycles. The molecular weight excluding hydrogens is 471 g/mol. The SMILES string of the molecule is COc1ccc2ncc(F)c(CCC[N+]3(CCSc4cccs4)CCCC(CC(=O)[O-])C3)c2c1. The van der Waals surface area contributed by atoms with Crippen molar-refractivity contribution in [1.82, 2.24) is 4.98 Å². The molecule has 4 rings (SSSR count). The minimum atomic E-state index is -0.961. The summed E-state index contributed by atoms with van der Waals surface area (Å²) >= 11 is 3.62. The highest BCUT2D eigenvalue weighted by Crippen LogP contribution is 2.31. The highest BCUT2D eigenvalue weighted by molar-refractivity contribution is 8.01. The van der Waals surface area contributed by atoms with Crippen molar-refractivity contribution in [2.24, 2.45) is 5.92 Å². The number of fused-ring (bicyclic) bond motifs is 1. The largest absolute Gasteiger partial charge is 0.550 e. The Hall–Kier alpha value is -2.16. The molecule has 1 aliphatic heterocycles. The fourth-order valence-electron chi connectivity index (χ4n) is 5.23. The second-order valence-corrected chi connectivity index (χ2v) is 11.5. The number of benzene rings is 1. The molecule has 0 aliphatic carbocycles. The molecule has 2 aromatic heterocycles. The number of carbonyl (C=O) groups is 1. The Bertz CT molecular complexity index is 1110. The molecule has 0 amide bonds. The molecule has 2 unspecified atom stereocenters. The number of methoxy groups -OCH3 is 1. The zero-order chi connectivity index (χ0) is 24.0. The summed E-state index contributed by atoms with van der Waals surface area (Å²) in [7, 11) is 1.61. The molecule has 2 atom stereocenters. The number of ether oxygens (including phenoxy) is 1. The van der Waals surface area contributed by atoms with E-state index in [-0.39, 0.29) is 18.2 Å². The predicted molar refractivity (Wildman–Crippen MR) is 134 cm³/mol. The molecule has 182 valence electrons. The number of halogens is 1. The van der Waals surface area contributed by atoms with Gasteiger partial charge in [0.05, 0.1) is 49.2 Å². The Morgan fingerprint density at radius 2 is 2.24 bits per heavy atom. The van der Waals surface area contributed by atoms with Crippen LogP contribution in [-0.4, -0.2) is 54.5 Å². The summed E-state index contributed by atoms with van der Waals surface area (Å²) < 4.78 is 22.3. The quantitative estimate of drug-likeness (QED) is 0.285. The standard InChI is InChI=1S/C26H31FN2O3S2/c1-32-20-8-9-24-22(16-20)21(23(27)17-28-24)6-3-11-29(12-14-34-26-7-4-13-33-26)10-2-5-19(18-29)15-25(30)31/h4,7-9,13,16-17,19H,2-3,5-6,10-12,14-15,18H2,1H3. The van der Waals surface area contributed by atoms with Gasteiger partial charge < -0.3 is 19.1 Å². The van der Waals surface area contributed by atoms with Gasteiger partial charge in [0.25, 0.3) is 0 Å². The zero-order valence-electron chi connectivity index (χ0n) is 19.5. The third-order valence-corrected chi connectivity index (χ3v) is 8.96. The number of thiophene rings is 1. The van der Waals surface area contributed by atoms with Gasteiger partial charge in [0, 0.05) is 29.4 Å². The molecule has 1 fully saturated rings. The lowest BCUT2D eigenvalue weighted by atomic mass is 9.92. The Balaban J connectivity index is 1.48. The summed E-state index contributed by atoms with van der Waals surface area (Å²) in [6.07, 6.45) is 4.83. The van der Waals surface area contributed by atoms with Gasteiger partial charge in [-0.3, -0.25) is 4.98 Å². The van der Waals surface area contributed by atoms with Gasteiger partial charge in [0.1, 0.15) is 11.6 Å². The molecular formula is C26H31FN2O3S2. The van der Waals surface area contributed by atoms with Crippen molar-refractivity contribution in [3.63, 3.8) is 0 Å². The summed E-state index contributed by atoms with van der Waals surface area (Å²) in [6.45, 7) is 3.79. The van der Waals surface area contributed by atoms with Crippen molar-refractivity contribution in [1.29, 1.82) is 0 Å². The number of hydrogen-bond donors (Lipinski definition) is 0. The van der Waals surface area contributed by atoms with E-state index in [1.807, 2.05) is 30.0 Å². The number of aryl methyl sites for hydroxylation is 1. The molecule has 1 aromatic carbocycles. The summed E-state index contributed by atoms with van der Waals surface area (Å²) in [5.41, 5.74) is 1.44. The van der Waals surface area contributed by atoms with E-state index in [2.05, 4.69) is 22.5 Å². The second-order valence-electron chi connectivity index (χ2n) is 9.13. The summed E-state index contributed by atoms with van der Waals surface area (Å²) in [6, 6.07) is 9.77. The smallest absolute Gasteiger partial charge is 0.145 e. The van der Waals surface area contributed by atoms with Gasteiger partial charge in [-0.05, 0) is 60.9 Å². The highest BCUT2D eigenvalue weighted by Gasteiger charge is 2.34. The molecule has 1 aliphatic rings. The maximum atomic E-state index is 14.8. The number of piperidine rings is 1. The first-order valence-corrected chi connectivity index (χ1v) is 13.7. The van der Waals surface area contributed by atoms with Crippen LogP contribution in [0.2, 0.25) is 0 Å². The number of thioether (sulfide) groups is 1. The van der Waals surface area contributed by atoms with E-state index in [9.17, 15) is 14.3 Å².